The van der Waals surface area contributed by atoms with Gasteiger partial charge in [-0.25, -0.2) is 0 Å². The fraction of sp³-hybridized carbons (Fsp3) is 0.250. The number of benzene rings is 1. The summed E-state index contributed by atoms with van der Waals surface area (Å²) in [5, 5.41) is 3.06. The van der Waals surface area contributed by atoms with Crippen LogP contribution < -0.4 is 5.32 Å². The minimum atomic E-state index is -0.407. The average molecular weight is 333 g/mol. The number of hydrogen-bond acceptors (Lipinski definition) is 2. The smallest absolute Gasteiger partial charge is 0.225 e. The lowest BCUT2D eigenvalue weighted by atomic mass is 9.95. The number of rotatable bonds is 4. The Hall–Kier alpha value is -1.68. The van der Waals surface area contributed by atoms with Crippen LogP contribution in [0.2, 0.25) is 0 Å². The van der Waals surface area contributed by atoms with E-state index in [2.05, 4.69) is 26.2 Å². The third-order valence-electron chi connectivity index (χ3n) is 3.13. The normalized spacial score (nSPS) is 11.2. The largest absolute Gasteiger partial charge is 0.347 e. The van der Waals surface area contributed by atoms with E-state index in [0.29, 0.717) is 6.42 Å². The highest BCUT2D eigenvalue weighted by Crippen LogP contribution is 2.19. The first-order valence-electron chi connectivity index (χ1n) is 6.43. The Morgan fingerprint density at radius 1 is 1.15 bits per heavy atom. The molecule has 0 atom stereocenters. The van der Waals surface area contributed by atoms with Crippen molar-refractivity contribution < 1.29 is 4.79 Å². The molecule has 0 bridgehead atoms. The zero-order valence-electron chi connectivity index (χ0n) is 11.6. The van der Waals surface area contributed by atoms with Crippen molar-refractivity contribution in [2.45, 2.75) is 25.8 Å². The van der Waals surface area contributed by atoms with Crippen molar-refractivity contribution in [3.8, 4) is 0 Å². The van der Waals surface area contributed by atoms with Crippen LogP contribution >= 0.6 is 15.9 Å². The van der Waals surface area contributed by atoms with E-state index in [1.54, 1.807) is 12.4 Å². The van der Waals surface area contributed by atoms with E-state index < -0.39 is 5.54 Å². The Bertz CT molecular complexity index is 579. The molecule has 0 aliphatic carbocycles. The van der Waals surface area contributed by atoms with Crippen molar-refractivity contribution >= 4 is 21.8 Å². The predicted octanol–water partition coefficient (Wildman–Crippen LogP) is 3.44. The molecule has 1 aromatic heterocycles. The SMILES string of the molecule is CC(C)(NC(=O)Cc1ccc(Br)cc1)c1ccncc1. The van der Waals surface area contributed by atoms with Gasteiger partial charge in [0.15, 0.2) is 0 Å². The summed E-state index contributed by atoms with van der Waals surface area (Å²) in [4.78, 5) is 16.1. The predicted molar refractivity (Wildman–Crippen MR) is 83.3 cm³/mol. The molecule has 2 rings (SSSR count). The van der Waals surface area contributed by atoms with Crippen LogP contribution in [-0.2, 0) is 16.8 Å². The minimum Gasteiger partial charge on any atom is -0.347 e. The van der Waals surface area contributed by atoms with Crippen LogP contribution in [-0.4, -0.2) is 10.9 Å². The Morgan fingerprint density at radius 3 is 2.35 bits per heavy atom. The topological polar surface area (TPSA) is 42.0 Å². The van der Waals surface area contributed by atoms with Gasteiger partial charge in [-0.2, -0.15) is 0 Å². The van der Waals surface area contributed by atoms with Gasteiger partial charge in [-0.3, -0.25) is 9.78 Å². The molecule has 1 aromatic carbocycles. The van der Waals surface area contributed by atoms with Gasteiger partial charge in [-0.15, -0.1) is 0 Å². The van der Waals surface area contributed by atoms with Gasteiger partial charge in [0.05, 0.1) is 12.0 Å². The number of nitrogens with zero attached hydrogens (tertiary/aromatic N) is 1. The summed E-state index contributed by atoms with van der Waals surface area (Å²) >= 11 is 3.38. The first kappa shape index (κ1) is 14.7. The molecule has 0 saturated heterocycles. The molecule has 1 N–H and O–H groups in total. The molecule has 0 unspecified atom stereocenters. The molecular formula is C16H17BrN2O. The number of hydrogen-bond donors (Lipinski definition) is 1. The summed E-state index contributed by atoms with van der Waals surface area (Å²) in [6, 6.07) is 11.6. The lowest BCUT2D eigenvalue weighted by molar-refractivity contribution is -0.122. The monoisotopic (exact) mass is 332 g/mol. The number of carbonyl (C=O) groups is 1. The van der Waals surface area contributed by atoms with Crippen molar-refractivity contribution in [1.29, 1.82) is 0 Å². The number of pyridine rings is 1. The Kier molecular flexibility index (Phi) is 4.55. The van der Waals surface area contributed by atoms with Crippen LogP contribution in [0.5, 0.6) is 0 Å². The molecular weight excluding hydrogens is 316 g/mol. The van der Waals surface area contributed by atoms with Gasteiger partial charge in [0.25, 0.3) is 0 Å². The zero-order valence-corrected chi connectivity index (χ0v) is 13.1. The highest BCUT2D eigenvalue weighted by atomic mass is 79.9. The second-order valence-electron chi connectivity index (χ2n) is 5.21. The number of nitrogens with one attached hydrogen (secondary N) is 1. The highest BCUT2D eigenvalue weighted by molar-refractivity contribution is 9.10. The lowest BCUT2D eigenvalue weighted by Gasteiger charge is -2.26. The maximum atomic E-state index is 12.1. The maximum absolute atomic E-state index is 12.1. The molecule has 0 aliphatic rings. The van der Waals surface area contributed by atoms with Crippen molar-refractivity contribution in [1.82, 2.24) is 10.3 Å². The van der Waals surface area contributed by atoms with Crippen LogP contribution in [0.1, 0.15) is 25.0 Å². The Balaban J connectivity index is 2.02. The van der Waals surface area contributed by atoms with E-state index >= 15 is 0 Å². The summed E-state index contributed by atoms with van der Waals surface area (Å²) < 4.78 is 1.01. The van der Waals surface area contributed by atoms with Crippen molar-refractivity contribution in [3.63, 3.8) is 0 Å². The van der Waals surface area contributed by atoms with Crippen molar-refractivity contribution in [2.24, 2.45) is 0 Å². The zero-order chi connectivity index (χ0) is 14.6. The Morgan fingerprint density at radius 2 is 1.75 bits per heavy atom. The molecule has 0 spiro atoms. The molecule has 0 aliphatic heterocycles. The molecule has 0 saturated carbocycles. The first-order valence-corrected chi connectivity index (χ1v) is 7.22. The lowest BCUT2D eigenvalue weighted by Crippen LogP contribution is -2.41. The van der Waals surface area contributed by atoms with E-state index in [-0.39, 0.29) is 5.91 Å². The van der Waals surface area contributed by atoms with E-state index in [0.717, 1.165) is 15.6 Å². The summed E-state index contributed by atoms with van der Waals surface area (Å²) in [5.74, 6) is 0.00846. The van der Waals surface area contributed by atoms with Crippen LogP contribution in [0.15, 0.2) is 53.3 Å². The van der Waals surface area contributed by atoms with Gasteiger partial charge in [0.2, 0.25) is 5.91 Å². The molecule has 104 valence electrons. The molecule has 1 heterocycles. The van der Waals surface area contributed by atoms with Crippen molar-refractivity contribution in [2.75, 3.05) is 0 Å². The average Bonchev–Trinajstić information content (AvgIpc) is 2.42. The summed E-state index contributed by atoms with van der Waals surface area (Å²) in [6.07, 6.45) is 3.84. The van der Waals surface area contributed by atoms with Crippen molar-refractivity contribution in [3.05, 3.63) is 64.4 Å². The van der Waals surface area contributed by atoms with Gasteiger partial charge in [-0.1, -0.05) is 28.1 Å². The quantitative estimate of drug-likeness (QED) is 0.931. The third kappa shape index (κ3) is 3.90. The second-order valence-corrected chi connectivity index (χ2v) is 6.13. The van der Waals surface area contributed by atoms with E-state index in [1.807, 2.05) is 50.2 Å². The molecule has 20 heavy (non-hydrogen) atoms. The van der Waals surface area contributed by atoms with Gasteiger partial charge in [-0.05, 0) is 49.2 Å². The second kappa shape index (κ2) is 6.18. The number of carbonyl (C=O) groups excluding carboxylic acids is 1. The van der Waals surface area contributed by atoms with E-state index in [4.69, 9.17) is 0 Å². The molecule has 4 heteroatoms. The number of halogens is 1. The molecule has 2 aromatic rings. The molecule has 0 radical (unpaired) electrons. The summed E-state index contributed by atoms with van der Waals surface area (Å²) in [6.45, 7) is 3.98. The fourth-order valence-corrected chi connectivity index (χ4v) is 2.29. The fourth-order valence-electron chi connectivity index (χ4n) is 2.02. The summed E-state index contributed by atoms with van der Waals surface area (Å²) in [7, 11) is 0. The van der Waals surface area contributed by atoms with E-state index in [1.165, 1.54) is 0 Å². The number of aromatic nitrogens is 1. The summed E-state index contributed by atoms with van der Waals surface area (Å²) in [5.41, 5.74) is 1.63. The van der Waals surface area contributed by atoms with Gasteiger partial charge in [0.1, 0.15) is 0 Å². The van der Waals surface area contributed by atoms with Crippen LogP contribution in [0, 0.1) is 0 Å². The number of amides is 1. The first-order chi connectivity index (χ1) is 9.47. The van der Waals surface area contributed by atoms with Gasteiger partial charge < -0.3 is 5.32 Å². The van der Waals surface area contributed by atoms with Gasteiger partial charge in [0, 0.05) is 16.9 Å². The Labute approximate surface area is 127 Å². The standard InChI is InChI=1S/C16H17BrN2O/c1-16(2,13-7-9-18-10-8-13)19-15(20)11-12-3-5-14(17)6-4-12/h3-10H,11H2,1-2H3,(H,19,20). The van der Waals surface area contributed by atoms with Gasteiger partial charge >= 0.3 is 0 Å². The molecule has 3 nitrogen and oxygen atoms in total. The van der Waals surface area contributed by atoms with Crippen LogP contribution in [0.4, 0.5) is 0 Å². The van der Waals surface area contributed by atoms with E-state index in [9.17, 15) is 4.79 Å². The third-order valence-corrected chi connectivity index (χ3v) is 3.66. The highest BCUT2D eigenvalue weighted by Gasteiger charge is 2.22. The minimum absolute atomic E-state index is 0.00846. The molecule has 1 amide bonds. The van der Waals surface area contributed by atoms with Crippen LogP contribution in [0.25, 0.3) is 0 Å². The van der Waals surface area contributed by atoms with Crippen LogP contribution in [0.3, 0.4) is 0 Å². The molecule has 0 fully saturated rings. The maximum Gasteiger partial charge on any atom is 0.225 e.